The highest BCUT2D eigenvalue weighted by Crippen LogP contribution is 2.19. The number of rotatable bonds is 4. The number of nitrogens with zero attached hydrogens (tertiary/aromatic N) is 2. The smallest absolute Gasteiger partial charge is 0.225 e. The molecule has 1 aliphatic heterocycles. The third-order valence-electron chi connectivity index (χ3n) is 4.02. The molecule has 0 saturated carbocycles. The van der Waals surface area contributed by atoms with Gasteiger partial charge in [0.1, 0.15) is 5.75 Å². The summed E-state index contributed by atoms with van der Waals surface area (Å²) in [4.78, 5) is 16.5. The van der Waals surface area contributed by atoms with Crippen LogP contribution in [0.3, 0.4) is 0 Å². The minimum Gasteiger partial charge on any atom is -0.497 e. The van der Waals surface area contributed by atoms with Gasteiger partial charge in [0.2, 0.25) is 5.91 Å². The van der Waals surface area contributed by atoms with Crippen molar-refractivity contribution in [1.82, 2.24) is 9.80 Å². The lowest BCUT2D eigenvalue weighted by atomic mass is 9.95. The van der Waals surface area contributed by atoms with Crippen molar-refractivity contribution in [3.05, 3.63) is 29.8 Å². The highest BCUT2D eigenvalue weighted by atomic mass is 16.5. The average molecular weight is 276 g/mol. The van der Waals surface area contributed by atoms with Gasteiger partial charge in [-0.3, -0.25) is 4.79 Å². The van der Waals surface area contributed by atoms with Crippen LogP contribution in [0, 0.1) is 5.92 Å². The summed E-state index contributed by atoms with van der Waals surface area (Å²) in [7, 11) is 5.66. The van der Waals surface area contributed by atoms with E-state index in [0.29, 0.717) is 6.54 Å². The number of piperidine rings is 1. The first-order valence-electron chi connectivity index (χ1n) is 7.16. The molecule has 0 unspecified atom stereocenters. The van der Waals surface area contributed by atoms with Gasteiger partial charge in [-0.1, -0.05) is 12.1 Å². The molecular formula is C16H24N2O2. The second-order valence-electron chi connectivity index (χ2n) is 5.62. The molecule has 0 N–H and O–H groups in total. The number of hydrogen-bond acceptors (Lipinski definition) is 3. The van der Waals surface area contributed by atoms with Crippen molar-refractivity contribution in [2.75, 3.05) is 34.3 Å². The van der Waals surface area contributed by atoms with E-state index in [1.165, 1.54) is 0 Å². The van der Waals surface area contributed by atoms with Crippen molar-refractivity contribution in [3.63, 3.8) is 0 Å². The Labute approximate surface area is 121 Å². The monoisotopic (exact) mass is 276 g/mol. The van der Waals surface area contributed by atoms with E-state index in [-0.39, 0.29) is 11.8 Å². The largest absolute Gasteiger partial charge is 0.497 e. The summed E-state index contributed by atoms with van der Waals surface area (Å²) in [5, 5.41) is 0. The summed E-state index contributed by atoms with van der Waals surface area (Å²) in [6.45, 7) is 2.70. The Hall–Kier alpha value is -1.55. The Balaban J connectivity index is 1.89. The fraction of sp³-hybridized carbons (Fsp3) is 0.562. The number of ether oxygens (including phenoxy) is 1. The van der Waals surface area contributed by atoms with Gasteiger partial charge in [-0.25, -0.2) is 0 Å². The summed E-state index contributed by atoms with van der Waals surface area (Å²) in [6, 6.07) is 7.89. The lowest BCUT2D eigenvalue weighted by molar-refractivity contribution is -0.136. The van der Waals surface area contributed by atoms with Crippen LogP contribution < -0.4 is 4.74 Å². The van der Waals surface area contributed by atoms with Crippen LogP contribution in [-0.2, 0) is 11.3 Å². The fourth-order valence-electron chi connectivity index (χ4n) is 2.65. The number of carbonyl (C=O) groups excluding carboxylic acids is 1. The summed E-state index contributed by atoms with van der Waals surface area (Å²) in [5.41, 5.74) is 1.13. The first-order valence-corrected chi connectivity index (χ1v) is 7.16. The fourth-order valence-corrected chi connectivity index (χ4v) is 2.65. The normalized spacial score (nSPS) is 16.9. The maximum absolute atomic E-state index is 12.4. The Morgan fingerprint density at radius 1 is 1.30 bits per heavy atom. The average Bonchev–Trinajstić information content (AvgIpc) is 2.48. The molecule has 0 spiro atoms. The van der Waals surface area contributed by atoms with Gasteiger partial charge in [0, 0.05) is 19.5 Å². The quantitative estimate of drug-likeness (QED) is 0.843. The first kappa shape index (κ1) is 14.9. The second-order valence-corrected chi connectivity index (χ2v) is 5.62. The minimum absolute atomic E-state index is 0.189. The van der Waals surface area contributed by atoms with Gasteiger partial charge in [-0.15, -0.1) is 0 Å². The molecule has 0 bridgehead atoms. The maximum atomic E-state index is 12.4. The molecule has 1 aliphatic rings. The van der Waals surface area contributed by atoms with Crippen LogP contribution in [0.4, 0.5) is 0 Å². The lowest BCUT2D eigenvalue weighted by Crippen LogP contribution is -2.39. The van der Waals surface area contributed by atoms with Gasteiger partial charge in [-0.2, -0.15) is 0 Å². The van der Waals surface area contributed by atoms with E-state index in [1.807, 2.05) is 36.2 Å². The van der Waals surface area contributed by atoms with Crippen LogP contribution in [-0.4, -0.2) is 50.0 Å². The zero-order chi connectivity index (χ0) is 14.5. The highest BCUT2D eigenvalue weighted by Gasteiger charge is 2.25. The molecule has 110 valence electrons. The number of benzene rings is 1. The van der Waals surface area contributed by atoms with E-state index in [9.17, 15) is 4.79 Å². The minimum atomic E-state index is 0.189. The molecule has 1 aromatic carbocycles. The van der Waals surface area contributed by atoms with Gasteiger partial charge < -0.3 is 14.5 Å². The van der Waals surface area contributed by atoms with Crippen molar-refractivity contribution in [2.24, 2.45) is 5.92 Å². The summed E-state index contributed by atoms with van der Waals surface area (Å²) in [6.07, 6.45) is 1.95. The van der Waals surface area contributed by atoms with Crippen LogP contribution in [0.25, 0.3) is 0 Å². The van der Waals surface area contributed by atoms with Crippen LogP contribution >= 0.6 is 0 Å². The molecule has 0 aromatic heterocycles. The van der Waals surface area contributed by atoms with Crippen LogP contribution in [0.1, 0.15) is 18.4 Å². The number of methoxy groups -OCH3 is 1. The third-order valence-corrected chi connectivity index (χ3v) is 4.02. The predicted octanol–water partition coefficient (Wildman–Crippen LogP) is 2.00. The Bertz CT molecular complexity index is 436. The van der Waals surface area contributed by atoms with Crippen molar-refractivity contribution in [2.45, 2.75) is 19.4 Å². The van der Waals surface area contributed by atoms with Crippen molar-refractivity contribution in [3.8, 4) is 5.75 Å². The Morgan fingerprint density at radius 2 is 1.90 bits per heavy atom. The molecule has 0 aliphatic carbocycles. The van der Waals surface area contributed by atoms with Gasteiger partial charge in [-0.05, 0) is 50.7 Å². The molecule has 2 rings (SSSR count). The van der Waals surface area contributed by atoms with Crippen LogP contribution in [0.15, 0.2) is 24.3 Å². The molecule has 1 heterocycles. The number of amides is 1. The van der Waals surface area contributed by atoms with E-state index >= 15 is 0 Å². The lowest BCUT2D eigenvalue weighted by Gasteiger charge is -2.31. The van der Waals surface area contributed by atoms with Gasteiger partial charge in [0.15, 0.2) is 0 Å². The zero-order valence-corrected chi connectivity index (χ0v) is 12.6. The van der Waals surface area contributed by atoms with E-state index in [0.717, 1.165) is 37.2 Å². The summed E-state index contributed by atoms with van der Waals surface area (Å²) in [5.74, 6) is 1.31. The topological polar surface area (TPSA) is 32.8 Å². The maximum Gasteiger partial charge on any atom is 0.225 e. The molecule has 4 nitrogen and oxygen atoms in total. The Morgan fingerprint density at radius 3 is 2.45 bits per heavy atom. The SMILES string of the molecule is COc1ccc(CN(C)C(=O)C2CCN(C)CC2)cc1. The molecule has 1 saturated heterocycles. The summed E-state index contributed by atoms with van der Waals surface area (Å²) >= 11 is 0. The highest BCUT2D eigenvalue weighted by molar-refractivity contribution is 5.78. The molecular weight excluding hydrogens is 252 g/mol. The third kappa shape index (κ3) is 3.73. The molecule has 0 atom stereocenters. The van der Waals surface area contributed by atoms with Crippen LogP contribution in [0.2, 0.25) is 0 Å². The van der Waals surface area contributed by atoms with Crippen molar-refractivity contribution in [1.29, 1.82) is 0 Å². The number of carbonyl (C=O) groups is 1. The van der Waals surface area contributed by atoms with Gasteiger partial charge >= 0.3 is 0 Å². The van der Waals surface area contributed by atoms with Gasteiger partial charge in [0.05, 0.1) is 7.11 Å². The first-order chi connectivity index (χ1) is 9.60. The summed E-state index contributed by atoms with van der Waals surface area (Å²) < 4.78 is 5.14. The molecule has 1 fully saturated rings. The van der Waals surface area contributed by atoms with Crippen LogP contribution in [0.5, 0.6) is 5.75 Å². The van der Waals surface area contributed by atoms with Crippen molar-refractivity contribution >= 4 is 5.91 Å². The molecule has 1 aromatic rings. The molecule has 20 heavy (non-hydrogen) atoms. The second kappa shape index (κ2) is 6.75. The molecule has 4 heteroatoms. The predicted molar refractivity (Wildman–Crippen MR) is 79.7 cm³/mol. The van der Waals surface area contributed by atoms with E-state index in [2.05, 4.69) is 11.9 Å². The Kier molecular flexibility index (Phi) is 5.01. The molecule has 0 radical (unpaired) electrons. The van der Waals surface area contributed by atoms with Crippen molar-refractivity contribution < 1.29 is 9.53 Å². The number of hydrogen-bond donors (Lipinski definition) is 0. The van der Waals surface area contributed by atoms with E-state index < -0.39 is 0 Å². The van der Waals surface area contributed by atoms with E-state index in [1.54, 1.807) is 7.11 Å². The number of likely N-dealkylation sites (tertiary alicyclic amines) is 1. The molecule has 1 amide bonds. The zero-order valence-electron chi connectivity index (χ0n) is 12.6. The van der Waals surface area contributed by atoms with E-state index in [4.69, 9.17) is 4.74 Å². The standard InChI is InChI=1S/C16H24N2O2/c1-17-10-8-14(9-11-17)16(19)18(2)12-13-4-6-15(20-3)7-5-13/h4-7,14H,8-12H2,1-3H3. The van der Waals surface area contributed by atoms with Gasteiger partial charge in [0.25, 0.3) is 0 Å².